The SMILES string of the molecule is CC(C)Nc1cccc(CNC(=O)N2CCCC[C@@H]2c2cn[nH]c2)c1. The zero-order chi connectivity index (χ0) is 17.6. The average molecular weight is 341 g/mol. The molecule has 0 radical (unpaired) electrons. The second-order valence-electron chi connectivity index (χ2n) is 6.89. The Kier molecular flexibility index (Phi) is 5.58. The fourth-order valence-electron chi connectivity index (χ4n) is 3.35. The van der Waals surface area contributed by atoms with Crippen molar-refractivity contribution in [1.82, 2.24) is 20.4 Å². The summed E-state index contributed by atoms with van der Waals surface area (Å²) in [5, 5.41) is 13.3. The van der Waals surface area contributed by atoms with Gasteiger partial charge in [0.2, 0.25) is 0 Å². The maximum absolute atomic E-state index is 12.7. The van der Waals surface area contributed by atoms with Crippen LogP contribution in [0.15, 0.2) is 36.7 Å². The van der Waals surface area contributed by atoms with Crippen molar-refractivity contribution in [2.45, 2.75) is 51.7 Å². The van der Waals surface area contributed by atoms with E-state index in [4.69, 9.17) is 0 Å². The summed E-state index contributed by atoms with van der Waals surface area (Å²) in [4.78, 5) is 14.6. The summed E-state index contributed by atoms with van der Waals surface area (Å²) >= 11 is 0. The minimum Gasteiger partial charge on any atom is -0.383 e. The van der Waals surface area contributed by atoms with Gasteiger partial charge in [0.05, 0.1) is 12.2 Å². The highest BCUT2D eigenvalue weighted by Crippen LogP contribution is 2.30. The number of carbonyl (C=O) groups is 1. The molecule has 0 saturated carbocycles. The molecule has 1 saturated heterocycles. The molecule has 6 heteroatoms. The number of aromatic nitrogens is 2. The minimum atomic E-state index is -0.00637. The quantitative estimate of drug-likeness (QED) is 0.777. The summed E-state index contributed by atoms with van der Waals surface area (Å²) in [7, 11) is 0. The molecular weight excluding hydrogens is 314 g/mol. The van der Waals surface area contributed by atoms with E-state index in [1.54, 1.807) is 0 Å². The summed E-state index contributed by atoms with van der Waals surface area (Å²) < 4.78 is 0. The van der Waals surface area contributed by atoms with Crippen LogP contribution < -0.4 is 10.6 Å². The van der Waals surface area contributed by atoms with Crippen LogP contribution in [0.5, 0.6) is 0 Å². The highest BCUT2D eigenvalue weighted by atomic mass is 16.2. The lowest BCUT2D eigenvalue weighted by molar-refractivity contribution is 0.151. The fraction of sp³-hybridized carbons (Fsp3) is 0.474. The first-order valence-electron chi connectivity index (χ1n) is 9.02. The smallest absolute Gasteiger partial charge is 0.318 e. The van der Waals surface area contributed by atoms with E-state index in [0.29, 0.717) is 12.6 Å². The number of piperidine rings is 1. The van der Waals surface area contributed by atoms with Gasteiger partial charge < -0.3 is 15.5 Å². The third kappa shape index (κ3) is 4.53. The molecule has 6 nitrogen and oxygen atoms in total. The standard InChI is InChI=1S/C19H27N5O/c1-14(2)23-17-7-5-6-15(10-17)11-20-19(25)24-9-4-3-8-18(24)16-12-21-22-13-16/h5-7,10,12-14,18,23H,3-4,8-9,11H2,1-2H3,(H,20,25)(H,21,22)/t18-/m1/s1. The van der Waals surface area contributed by atoms with Gasteiger partial charge in [-0.05, 0) is 50.8 Å². The van der Waals surface area contributed by atoms with Gasteiger partial charge in [0, 0.05) is 36.6 Å². The average Bonchev–Trinajstić information content (AvgIpc) is 3.14. The van der Waals surface area contributed by atoms with Gasteiger partial charge in [-0.15, -0.1) is 0 Å². The molecular formula is C19H27N5O. The first-order valence-corrected chi connectivity index (χ1v) is 9.02. The van der Waals surface area contributed by atoms with Gasteiger partial charge in [-0.2, -0.15) is 5.10 Å². The lowest BCUT2D eigenvalue weighted by Gasteiger charge is -2.35. The molecule has 134 valence electrons. The molecule has 3 N–H and O–H groups in total. The van der Waals surface area contributed by atoms with Crippen molar-refractivity contribution in [3.05, 3.63) is 47.8 Å². The van der Waals surface area contributed by atoms with E-state index in [0.717, 1.165) is 42.6 Å². The third-order valence-electron chi connectivity index (χ3n) is 4.49. The Balaban J connectivity index is 1.61. The molecule has 0 unspecified atom stereocenters. The normalized spacial score (nSPS) is 17.6. The Bertz CT molecular complexity index is 683. The lowest BCUT2D eigenvalue weighted by Crippen LogP contribution is -2.44. The van der Waals surface area contributed by atoms with Gasteiger partial charge in [-0.3, -0.25) is 5.10 Å². The molecule has 1 aliphatic rings. The van der Waals surface area contributed by atoms with E-state index >= 15 is 0 Å². The van der Waals surface area contributed by atoms with Gasteiger partial charge >= 0.3 is 6.03 Å². The highest BCUT2D eigenvalue weighted by Gasteiger charge is 2.28. The molecule has 2 amide bonds. The van der Waals surface area contributed by atoms with Crippen molar-refractivity contribution in [2.24, 2.45) is 0 Å². The van der Waals surface area contributed by atoms with Gasteiger partial charge in [-0.1, -0.05) is 12.1 Å². The van der Waals surface area contributed by atoms with Crippen molar-refractivity contribution >= 4 is 11.7 Å². The number of carbonyl (C=O) groups excluding carboxylic acids is 1. The summed E-state index contributed by atoms with van der Waals surface area (Å²) in [6, 6.07) is 8.68. The predicted molar refractivity (Wildman–Crippen MR) is 99.3 cm³/mol. The number of aromatic amines is 1. The molecule has 1 atom stereocenters. The molecule has 1 fully saturated rings. The van der Waals surface area contributed by atoms with Crippen LogP contribution in [-0.4, -0.2) is 33.7 Å². The molecule has 2 aromatic rings. The highest BCUT2D eigenvalue weighted by molar-refractivity contribution is 5.75. The van der Waals surface area contributed by atoms with Crippen LogP contribution in [0.1, 0.15) is 50.3 Å². The molecule has 0 spiro atoms. The Hall–Kier alpha value is -2.50. The van der Waals surface area contributed by atoms with E-state index < -0.39 is 0 Å². The number of amides is 2. The summed E-state index contributed by atoms with van der Waals surface area (Å²) in [5.41, 5.74) is 3.25. The van der Waals surface area contributed by atoms with Crippen LogP contribution in [0, 0.1) is 0 Å². The van der Waals surface area contributed by atoms with E-state index in [2.05, 4.69) is 40.7 Å². The van der Waals surface area contributed by atoms with Crippen molar-refractivity contribution in [3.63, 3.8) is 0 Å². The molecule has 2 heterocycles. The van der Waals surface area contributed by atoms with Crippen molar-refractivity contribution in [3.8, 4) is 0 Å². The molecule has 1 aromatic heterocycles. The van der Waals surface area contributed by atoms with Crippen LogP contribution >= 0.6 is 0 Å². The number of rotatable bonds is 5. The number of benzene rings is 1. The van der Waals surface area contributed by atoms with Gasteiger partial charge in [-0.25, -0.2) is 4.79 Å². The van der Waals surface area contributed by atoms with E-state index in [1.807, 2.05) is 35.5 Å². The second kappa shape index (κ2) is 8.05. The number of H-pyrrole nitrogens is 1. The van der Waals surface area contributed by atoms with E-state index in [1.165, 1.54) is 0 Å². The number of urea groups is 1. The fourth-order valence-corrected chi connectivity index (χ4v) is 3.35. The second-order valence-corrected chi connectivity index (χ2v) is 6.89. The topological polar surface area (TPSA) is 73.0 Å². The molecule has 1 aliphatic heterocycles. The first-order chi connectivity index (χ1) is 12.1. The molecule has 1 aromatic carbocycles. The number of hydrogen-bond acceptors (Lipinski definition) is 3. The van der Waals surface area contributed by atoms with Gasteiger partial charge in [0.1, 0.15) is 0 Å². The zero-order valence-corrected chi connectivity index (χ0v) is 15.0. The Morgan fingerprint density at radius 1 is 1.40 bits per heavy atom. The maximum Gasteiger partial charge on any atom is 0.318 e. The number of likely N-dealkylation sites (tertiary alicyclic amines) is 1. The maximum atomic E-state index is 12.7. The predicted octanol–water partition coefficient (Wildman–Crippen LogP) is 3.67. The molecule has 0 bridgehead atoms. The summed E-state index contributed by atoms with van der Waals surface area (Å²) in [6.07, 6.45) is 6.88. The number of anilines is 1. The Morgan fingerprint density at radius 3 is 3.04 bits per heavy atom. The van der Waals surface area contributed by atoms with Crippen LogP contribution in [-0.2, 0) is 6.54 Å². The number of hydrogen-bond donors (Lipinski definition) is 3. The molecule has 0 aliphatic carbocycles. The largest absolute Gasteiger partial charge is 0.383 e. The van der Waals surface area contributed by atoms with Crippen molar-refractivity contribution < 1.29 is 4.79 Å². The molecule has 3 rings (SSSR count). The Morgan fingerprint density at radius 2 is 2.28 bits per heavy atom. The van der Waals surface area contributed by atoms with Gasteiger partial charge in [0.25, 0.3) is 0 Å². The third-order valence-corrected chi connectivity index (χ3v) is 4.49. The Labute approximate surface area is 149 Å². The minimum absolute atomic E-state index is 0.00637. The van der Waals surface area contributed by atoms with Crippen LogP contribution in [0.2, 0.25) is 0 Å². The van der Waals surface area contributed by atoms with Gasteiger partial charge in [0.15, 0.2) is 0 Å². The van der Waals surface area contributed by atoms with E-state index in [-0.39, 0.29) is 12.1 Å². The lowest BCUT2D eigenvalue weighted by atomic mass is 9.98. The van der Waals surface area contributed by atoms with E-state index in [9.17, 15) is 4.79 Å². The van der Waals surface area contributed by atoms with Crippen molar-refractivity contribution in [1.29, 1.82) is 0 Å². The number of nitrogens with zero attached hydrogens (tertiary/aromatic N) is 2. The van der Waals surface area contributed by atoms with Crippen LogP contribution in [0.4, 0.5) is 10.5 Å². The zero-order valence-electron chi connectivity index (χ0n) is 15.0. The summed E-state index contributed by atoms with van der Waals surface area (Å²) in [5.74, 6) is 0. The van der Waals surface area contributed by atoms with Crippen molar-refractivity contribution in [2.75, 3.05) is 11.9 Å². The van der Waals surface area contributed by atoms with Crippen LogP contribution in [0.25, 0.3) is 0 Å². The number of nitrogens with one attached hydrogen (secondary N) is 3. The monoisotopic (exact) mass is 341 g/mol. The van der Waals surface area contributed by atoms with Crippen LogP contribution in [0.3, 0.4) is 0 Å². The molecule has 25 heavy (non-hydrogen) atoms. The summed E-state index contributed by atoms with van der Waals surface area (Å²) in [6.45, 7) is 5.54. The first kappa shape index (κ1) is 17.3.